The third kappa shape index (κ3) is 3.38. The average molecular weight is 312 g/mol. The summed E-state index contributed by atoms with van der Waals surface area (Å²) in [6, 6.07) is 0.338. The molecule has 4 N–H and O–H groups in total. The molecule has 0 unspecified atom stereocenters. The summed E-state index contributed by atoms with van der Waals surface area (Å²) in [6.07, 6.45) is 4.64. The van der Waals surface area contributed by atoms with Crippen molar-refractivity contribution in [2.75, 3.05) is 29.1 Å². The Balaban J connectivity index is 1.61. The van der Waals surface area contributed by atoms with E-state index in [0.29, 0.717) is 23.3 Å². The first-order valence-corrected chi connectivity index (χ1v) is 9.04. The van der Waals surface area contributed by atoms with Gasteiger partial charge in [0.05, 0.1) is 0 Å². The highest BCUT2D eigenvalue weighted by atomic mass is 32.2. The summed E-state index contributed by atoms with van der Waals surface area (Å²) >= 11 is 3.31. The Morgan fingerprint density at radius 3 is 2.75 bits per heavy atom. The summed E-state index contributed by atoms with van der Waals surface area (Å²) in [5, 5.41) is 7.18. The molecule has 110 valence electrons. The third-order valence-electron chi connectivity index (χ3n) is 3.75. The van der Waals surface area contributed by atoms with E-state index in [1.165, 1.54) is 35.9 Å². The minimum Gasteiger partial charge on any atom is -0.382 e. The lowest BCUT2D eigenvalue weighted by Crippen LogP contribution is -2.27. The van der Waals surface area contributed by atoms with Crippen molar-refractivity contribution in [3.63, 3.8) is 0 Å². The molecule has 3 rings (SSSR count). The highest BCUT2D eigenvalue weighted by Crippen LogP contribution is 2.30. The van der Waals surface area contributed by atoms with Crippen molar-refractivity contribution in [2.24, 2.45) is 5.92 Å². The monoisotopic (exact) mass is 312 g/mol. The molecule has 1 aliphatic heterocycles. The van der Waals surface area contributed by atoms with E-state index in [9.17, 15) is 4.79 Å². The molecule has 0 bridgehead atoms. The summed E-state index contributed by atoms with van der Waals surface area (Å²) in [4.78, 5) is 12.2. The Morgan fingerprint density at radius 2 is 2.05 bits per heavy atom. The second-order valence-corrected chi connectivity index (χ2v) is 7.45. The van der Waals surface area contributed by atoms with Crippen LogP contribution in [0.5, 0.6) is 0 Å². The van der Waals surface area contributed by atoms with Crippen LogP contribution >= 0.6 is 23.3 Å². The molecule has 2 aliphatic rings. The van der Waals surface area contributed by atoms with Crippen molar-refractivity contribution >= 4 is 40.0 Å². The minimum atomic E-state index is -0.0829. The van der Waals surface area contributed by atoms with E-state index in [2.05, 4.69) is 15.0 Å². The van der Waals surface area contributed by atoms with Crippen molar-refractivity contribution in [3.05, 3.63) is 5.56 Å². The summed E-state index contributed by atoms with van der Waals surface area (Å²) in [7, 11) is 0. The number of anilines is 2. The van der Waals surface area contributed by atoms with Crippen molar-refractivity contribution < 1.29 is 4.79 Å². The van der Waals surface area contributed by atoms with Crippen molar-refractivity contribution in [1.82, 2.24) is 9.69 Å². The molecule has 1 aromatic rings. The number of nitrogens with one attached hydrogen (secondary N) is 2. The number of hydrogen-bond acceptors (Lipinski definition) is 6. The molecule has 0 atom stereocenters. The van der Waals surface area contributed by atoms with Crippen molar-refractivity contribution in [3.8, 4) is 0 Å². The van der Waals surface area contributed by atoms with Gasteiger partial charge < -0.3 is 16.4 Å². The molecule has 0 spiro atoms. The standard InChI is InChI=1S/C13H20N4OS2/c14-11-10(12(18)16-9-1-2-9)13(20-17-11)15-7-8-3-5-19-6-4-8/h8-9,15H,1-7H2,(H2,14,17)(H,16,18). The van der Waals surface area contributed by atoms with Crippen LogP contribution in [-0.4, -0.2) is 34.4 Å². The van der Waals surface area contributed by atoms with Gasteiger partial charge in [0.2, 0.25) is 0 Å². The maximum atomic E-state index is 12.2. The van der Waals surface area contributed by atoms with Crippen molar-refractivity contribution in [2.45, 2.75) is 31.7 Å². The Labute approximate surface area is 127 Å². The molecule has 1 amide bonds. The van der Waals surface area contributed by atoms with Crippen LogP contribution in [0, 0.1) is 5.92 Å². The maximum Gasteiger partial charge on any atom is 0.258 e. The molecule has 2 heterocycles. The van der Waals surface area contributed by atoms with E-state index in [0.717, 1.165) is 24.4 Å². The first-order valence-electron chi connectivity index (χ1n) is 7.11. The van der Waals surface area contributed by atoms with Gasteiger partial charge >= 0.3 is 0 Å². The van der Waals surface area contributed by atoms with E-state index < -0.39 is 0 Å². The number of thioether (sulfide) groups is 1. The number of hydrogen-bond donors (Lipinski definition) is 3. The number of carbonyl (C=O) groups is 1. The van der Waals surface area contributed by atoms with E-state index in [1.807, 2.05) is 11.8 Å². The molecule has 20 heavy (non-hydrogen) atoms. The van der Waals surface area contributed by atoms with Crippen LogP contribution in [0.1, 0.15) is 36.0 Å². The number of rotatable bonds is 5. The van der Waals surface area contributed by atoms with Gasteiger partial charge in [-0.3, -0.25) is 4.79 Å². The summed E-state index contributed by atoms with van der Waals surface area (Å²) in [5.74, 6) is 3.44. The quantitative estimate of drug-likeness (QED) is 0.776. The smallest absolute Gasteiger partial charge is 0.258 e. The maximum absolute atomic E-state index is 12.2. The topological polar surface area (TPSA) is 80.0 Å². The molecule has 1 saturated heterocycles. The SMILES string of the molecule is Nc1nsc(NCC2CCSCC2)c1C(=O)NC1CC1. The lowest BCUT2D eigenvalue weighted by Gasteiger charge is -2.21. The number of nitrogen functional groups attached to an aromatic ring is 1. The molecule has 2 fully saturated rings. The van der Waals surface area contributed by atoms with Gasteiger partial charge in [0.15, 0.2) is 5.82 Å². The fraction of sp³-hybridized carbons (Fsp3) is 0.692. The average Bonchev–Trinajstić information content (AvgIpc) is 3.19. The zero-order chi connectivity index (χ0) is 13.9. The predicted octanol–water partition coefficient (Wildman–Crippen LogP) is 2.17. The summed E-state index contributed by atoms with van der Waals surface area (Å²) in [5.41, 5.74) is 6.38. The van der Waals surface area contributed by atoms with Crippen LogP contribution < -0.4 is 16.4 Å². The number of carbonyl (C=O) groups excluding carboxylic acids is 1. The van der Waals surface area contributed by atoms with Gasteiger partial charge in [-0.2, -0.15) is 16.1 Å². The van der Waals surface area contributed by atoms with Gasteiger partial charge in [0, 0.05) is 12.6 Å². The lowest BCUT2D eigenvalue weighted by molar-refractivity contribution is 0.0953. The van der Waals surface area contributed by atoms with Crippen molar-refractivity contribution in [1.29, 1.82) is 0 Å². The van der Waals surface area contributed by atoms with Gasteiger partial charge in [-0.15, -0.1) is 0 Å². The Hall–Kier alpha value is -0.950. The number of nitrogens with zero attached hydrogens (tertiary/aromatic N) is 1. The van der Waals surface area contributed by atoms with Crippen LogP contribution in [0.2, 0.25) is 0 Å². The zero-order valence-electron chi connectivity index (χ0n) is 11.4. The molecule has 1 aliphatic carbocycles. The first kappa shape index (κ1) is 14.0. The molecule has 5 nitrogen and oxygen atoms in total. The Morgan fingerprint density at radius 1 is 1.30 bits per heavy atom. The largest absolute Gasteiger partial charge is 0.382 e. The van der Waals surface area contributed by atoms with E-state index >= 15 is 0 Å². The Kier molecular flexibility index (Phi) is 4.35. The predicted molar refractivity (Wildman–Crippen MR) is 85.6 cm³/mol. The van der Waals surface area contributed by atoms with Gasteiger partial charge in [-0.05, 0) is 54.6 Å². The fourth-order valence-corrected chi connectivity index (χ4v) is 4.24. The molecule has 0 aromatic carbocycles. The van der Waals surface area contributed by atoms with E-state index in [1.54, 1.807) is 0 Å². The normalized spacial score (nSPS) is 19.8. The molecule has 7 heteroatoms. The van der Waals surface area contributed by atoms with Gasteiger partial charge in [-0.25, -0.2) is 0 Å². The van der Waals surface area contributed by atoms with Gasteiger partial charge in [-0.1, -0.05) is 0 Å². The first-order chi connectivity index (χ1) is 9.74. The van der Waals surface area contributed by atoms with Crippen LogP contribution in [0.3, 0.4) is 0 Å². The van der Waals surface area contributed by atoms with Gasteiger partial charge in [0.1, 0.15) is 10.6 Å². The fourth-order valence-electron chi connectivity index (χ4n) is 2.32. The van der Waals surface area contributed by atoms with Crippen LogP contribution in [0.15, 0.2) is 0 Å². The second-order valence-electron chi connectivity index (χ2n) is 5.46. The molecule has 0 radical (unpaired) electrons. The Bertz CT molecular complexity index is 481. The highest BCUT2D eigenvalue weighted by Gasteiger charge is 2.27. The number of nitrogens with two attached hydrogens (primary N) is 1. The van der Waals surface area contributed by atoms with Gasteiger partial charge in [0.25, 0.3) is 5.91 Å². The van der Waals surface area contributed by atoms with Crippen LogP contribution in [0.4, 0.5) is 10.8 Å². The van der Waals surface area contributed by atoms with E-state index in [-0.39, 0.29) is 5.91 Å². The van der Waals surface area contributed by atoms with Crippen LogP contribution in [0.25, 0.3) is 0 Å². The molecule has 1 saturated carbocycles. The second kappa shape index (κ2) is 6.22. The number of amides is 1. The summed E-state index contributed by atoms with van der Waals surface area (Å²) < 4.78 is 4.12. The third-order valence-corrected chi connectivity index (χ3v) is 5.62. The zero-order valence-corrected chi connectivity index (χ0v) is 13.0. The lowest BCUT2D eigenvalue weighted by atomic mass is 10.0. The summed E-state index contributed by atoms with van der Waals surface area (Å²) in [6.45, 7) is 0.909. The minimum absolute atomic E-state index is 0.0829. The molecule has 1 aromatic heterocycles. The van der Waals surface area contributed by atoms with E-state index in [4.69, 9.17) is 5.73 Å². The number of aromatic nitrogens is 1. The van der Waals surface area contributed by atoms with Crippen LogP contribution in [-0.2, 0) is 0 Å². The molecular weight excluding hydrogens is 292 g/mol. The molecular formula is C13H20N4OS2. The highest BCUT2D eigenvalue weighted by molar-refractivity contribution is 7.99.